The van der Waals surface area contributed by atoms with Crippen LogP contribution in [0.3, 0.4) is 0 Å². The third kappa shape index (κ3) is 2.21. The summed E-state index contributed by atoms with van der Waals surface area (Å²) < 4.78 is 0. The second kappa shape index (κ2) is 3.94. The smallest absolute Gasteiger partial charge is 0.146 e. The fraction of sp³-hybridized carbons (Fsp3) is 0.300. The van der Waals surface area contributed by atoms with Crippen LogP contribution in [0.25, 0.3) is 0 Å². The molecule has 0 fully saturated rings. The number of nitrogens with zero attached hydrogens (tertiary/aromatic N) is 1. The zero-order valence-electron chi connectivity index (χ0n) is 7.86. The molecular formula is C10H14N2O. The minimum atomic E-state index is -0.0365. The summed E-state index contributed by atoms with van der Waals surface area (Å²) in [4.78, 5) is 0. The lowest BCUT2D eigenvalue weighted by molar-refractivity contribution is 0.316. The van der Waals surface area contributed by atoms with Crippen LogP contribution in [0.5, 0.6) is 0 Å². The van der Waals surface area contributed by atoms with Gasteiger partial charge in [-0.05, 0) is 12.5 Å². The minimum absolute atomic E-state index is 0.0365. The van der Waals surface area contributed by atoms with Crippen LogP contribution in [0.15, 0.2) is 29.4 Å². The molecule has 0 bridgehead atoms. The van der Waals surface area contributed by atoms with Gasteiger partial charge in [0.1, 0.15) is 5.84 Å². The standard InChI is InChI=1S/C10H14N2O/c1-7-3-5-9(6-4-7)8(2)10(11)12-13/h3-6,8,13H,1-2H3,(H2,11,12). The van der Waals surface area contributed by atoms with Crippen LogP contribution in [0.4, 0.5) is 0 Å². The first-order valence-electron chi connectivity index (χ1n) is 4.19. The average molecular weight is 178 g/mol. The van der Waals surface area contributed by atoms with E-state index in [-0.39, 0.29) is 11.8 Å². The average Bonchev–Trinajstić information content (AvgIpc) is 2.17. The van der Waals surface area contributed by atoms with Gasteiger partial charge in [0.2, 0.25) is 0 Å². The van der Waals surface area contributed by atoms with Crippen molar-refractivity contribution in [2.24, 2.45) is 10.9 Å². The van der Waals surface area contributed by atoms with Crippen molar-refractivity contribution in [2.75, 3.05) is 0 Å². The van der Waals surface area contributed by atoms with E-state index < -0.39 is 0 Å². The number of hydrogen-bond donors (Lipinski definition) is 2. The van der Waals surface area contributed by atoms with Gasteiger partial charge in [0.05, 0.1) is 0 Å². The molecule has 1 rings (SSSR count). The van der Waals surface area contributed by atoms with E-state index in [0.717, 1.165) is 5.56 Å². The summed E-state index contributed by atoms with van der Waals surface area (Å²) in [5.74, 6) is 0.203. The first-order valence-corrected chi connectivity index (χ1v) is 4.19. The maximum Gasteiger partial charge on any atom is 0.146 e. The molecule has 3 N–H and O–H groups in total. The molecule has 0 heterocycles. The van der Waals surface area contributed by atoms with Crippen molar-refractivity contribution in [3.8, 4) is 0 Å². The Morgan fingerprint density at radius 3 is 2.38 bits per heavy atom. The van der Waals surface area contributed by atoms with E-state index in [9.17, 15) is 0 Å². The van der Waals surface area contributed by atoms with E-state index in [1.807, 2.05) is 38.1 Å². The Balaban J connectivity index is 2.89. The van der Waals surface area contributed by atoms with Gasteiger partial charge in [-0.25, -0.2) is 0 Å². The van der Waals surface area contributed by atoms with Gasteiger partial charge in [-0.15, -0.1) is 0 Å². The highest BCUT2D eigenvalue weighted by atomic mass is 16.4. The lowest BCUT2D eigenvalue weighted by atomic mass is 9.99. The summed E-state index contributed by atoms with van der Waals surface area (Å²) in [5, 5.41) is 11.5. The number of nitrogens with two attached hydrogens (primary N) is 1. The lowest BCUT2D eigenvalue weighted by Crippen LogP contribution is -2.19. The fourth-order valence-electron chi connectivity index (χ4n) is 1.11. The Morgan fingerprint density at radius 2 is 1.92 bits per heavy atom. The molecule has 1 aromatic rings. The Hall–Kier alpha value is -1.51. The summed E-state index contributed by atoms with van der Waals surface area (Å²) in [5.41, 5.74) is 7.75. The first-order chi connectivity index (χ1) is 6.15. The number of rotatable bonds is 2. The van der Waals surface area contributed by atoms with Gasteiger partial charge >= 0.3 is 0 Å². The van der Waals surface area contributed by atoms with Crippen LogP contribution in [0, 0.1) is 6.92 Å². The zero-order valence-corrected chi connectivity index (χ0v) is 7.86. The van der Waals surface area contributed by atoms with Crippen molar-refractivity contribution in [1.82, 2.24) is 0 Å². The van der Waals surface area contributed by atoms with Gasteiger partial charge < -0.3 is 10.9 Å². The van der Waals surface area contributed by atoms with Gasteiger partial charge in [0, 0.05) is 5.92 Å². The number of oxime groups is 1. The molecule has 0 aliphatic heterocycles. The third-order valence-electron chi connectivity index (χ3n) is 2.14. The molecular weight excluding hydrogens is 164 g/mol. The molecule has 0 saturated heterocycles. The van der Waals surface area contributed by atoms with Crippen molar-refractivity contribution in [3.05, 3.63) is 35.4 Å². The van der Waals surface area contributed by atoms with Crippen molar-refractivity contribution in [3.63, 3.8) is 0 Å². The largest absolute Gasteiger partial charge is 0.409 e. The van der Waals surface area contributed by atoms with Crippen molar-refractivity contribution in [1.29, 1.82) is 0 Å². The molecule has 0 spiro atoms. The van der Waals surface area contributed by atoms with Crippen LogP contribution >= 0.6 is 0 Å². The Kier molecular flexibility index (Phi) is 2.90. The normalized spacial score (nSPS) is 14.2. The van der Waals surface area contributed by atoms with Gasteiger partial charge in [-0.3, -0.25) is 0 Å². The summed E-state index contributed by atoms with van der Waals surface area (Å²) in [7, 11) is 0. The van der Waals surface area contributed by atoms with Crippen LogP contribution in [-0.2, 0) is 0 Å². The van der Waals surface area contributed by atoms with Crippen molar-refractivity contribution in [2.45, 2.75) is 19.8 Å². The molecule has 1 aromatic carbocycles. The van der Waals surface area contributed by atoms with Gasteiger partial charge in [0.15, 0.2) is 0 Å². The van der Waals surface area contributed by atoms with Crippen LogP contribution < -0.4 is 5.73 Å². The van der Waals surface area contributed by atoms with Crippen LogP contribution in [0.1, 0.15) is 24.0 Å². The van der Waals surface area contributed by atoms with E-state index in [2.05, 4.69) is 5.16 Å². The minimum Gasteiger partial charge on any atom is -0.409 e. The monoisotopic (exact) mass is 178 g/mol. The maximum atomic E-state index is 8.48. The molecule has 0 radical (unpaired) electrons. The number of hydrogen-bond acceptors (Lipinski definition) is 2. The molecule has 0 amide bonds. The third-order valence-corrected chi connectivity index (χ3v) is 2.14. The predicted molar refractivity (Wildman–Crippen MR) is 53.0 cm³/mol. The predicted octanol–water partition coefficient (Wildman–Crippen LogP) is 1.84. The van der Waals surface area contributed by atoms with E-state index in [0.29, 0.717) is 0 Å². The molecule has 0 aliphatic carbocycles. The Bertz CT molecular complexity index is 303. The van der Waals surface area contributed by atoms with Crippen LogP contribution in [0.2, 0.25) is 0 Å². The zero-order chi connectivity index (χ0) is 9.84. The molecule has 1 unspecified atom stereocenters. The van der Waals surface area contributed by atoms with Gasteiger partial charge in [-0.1, -0.05) is 41.9 Å². The highest BCUT2D eigenvalue weighted by Gasteiger charge is 2.09. The maximum absolute atomic E-state index is 8.48. The summed E-state index contributed by atoms with van der Waals surface area (Å²) >= 11 is 0. The molecule has 70 valence electrons. The quantitative estimate of drug-likeness (QED) is 0.314. The second-order valence-electron chi connectivity index (χ2n) is 3.16. The Morgan fingerprint density at radius 1 is 1.38 bits per heavy atom. The van der Waals surface area contributed by atoms with Gasteiger partial charge in [-0.2, -0.15) is 0 Å². The molecule has 1 atom stereocenters. The molecule has 3 nitrogen and oxygen atoms in total. The molecule has 13 heavy (non-hydrogen) atoms. The van der Waals surface area contributed by atoms with E-state index >= 15 is 0 Å². The Labute approximate surface area is 77.9 Å². The summed E-state index contributed by atoms with van der Waals surface area (Å²) in [6.07, 6.45) is 0. The van der Waals surface area contributed by atoms with Crippen LogP contribution in [-0.4, -0.2) is 11.0 Å². The highest BCUT2D eigenvalue weighted by molar-refractivity contribution is 5.86. The van der Waals surface area contributed by atoms with Gasteiger partial charge in [0.25, 0.3) is 0 Å². The highest BCUT2D eigenvalue weighted by Crippen LogP contribution is 2.15. The van der Waals surface area contributed by atoms with E-state index in [1.165, 1.54) is 5.56 Å². The topological polar surface area (TPSA) is 58.6 Å². The molecule has 0 saturated carbocycles. The van der Waals surface area contributed by atoms with E-state index in [4.69, 9.17) is 10.9 Å². The van der Waals surface area contributed by atoms with Crippen molar-refractivity contribution < 1.29 is 5.21 Å². The number of aryl methyl sites for hydroxylation is 1. The molecule has 0 aromatic heterocycles. The number of amidine groups is 1. The molecule has 3 heteroatoms. The molecule has 0 aliphatic rings. The van der Waals surface area contributed by atoms with Crippen molar-refractivity contribution >= 4 is 5.84 Å². The first kappa shape index (κ1) is 9.58. The summed E-state index contributed by atoms with van der Waals surface area (Å²) in [6.45, 7) is 3.93. The fourth-order valence-corrected chi connectivity index (χ4v) is 1.11. The summed E-state index contributed by atoms with van der Waals surface area (Å²) in [6, 6.07) is 7.99. The SMILES string of the molecule is Cc1ccc(C(C)/C(N)=N/O)cc1. The number of benzene rings is 1. The lowest BCUT2D eigenvalue weighted by Gasteiger charge is -2.09. The second-order valence-corrected chi connectivity index (χ2v) is 3.16. The van der Waals surface area contributed by atoms with E-state index in [1.54, 1.807) is 0 Å².